The van der Waals surface area contributed by atoms with E-state index in [1.165, 1.54) is 40.7 Å². The molecule has 3 aromatic carbocycles. The minimum Gasteiger partial charge on any atom is -0.481 e. The first-order valence-electron chi connectivity index (χ1n) is 28.7. The number of rotatable bonds is 21. The van der Waals surface area contributed by atoms with Crippen LogP contribution in [0.3, 0.4) is 0 Å². The Hall–Kier alpha value is -7.96. The second kappa shape index (κ2) is 25.2. The van der Waals surface area contributed by atoms with Gasteiger partial charge in [0.25, 0.3) is 5.92 Å². The van der Waals surface area contributed by atoms with E-state index in [-0.39, 0.29) is 49.6 Å². The summed E-state index contributed by atoms with van der Waals surface area (Å²) in [5, 5.41) is 28.4. The Morgan fingerprint density at radius 2 is 1.48 bits per heavy atom. The molecule has 9 rings (SSSR count). The molecule has 3 aromatic heterocycles. The Morgan fingerprint density at radius 1 is 0.875 bits per heavy atom. The molecule has 0 aliphatic heterocycles. The van der Waals surface area contributed by atoms with Gasteiger partial charge in [0.05, 0.1) is 45.8 Å². The van der Waals surface area contributed by atoms with Crippen LogP contribution in [0, 0.1) is 54.1 Å². The van der Waals surface area contributed by atoms with Crippen LogP contribution in [0.2, 0.25) is 5.02 Å². The van der Waals surface area contributed by atoms with Crippen LogP contribution in [-0.4, -0.2) is 114 Å². The van der Waals surface area contributed by atoms with Gasteiger partial charge in [-0.3, -0.25) is 43.1 Å². The zero-order valence-electron chi connectivity index (χ0n) is 51.2. The van der Waals surface area contributed by atoms with Crippen LogP contribution in [0.25, 0.3) is 22.0 Å². The average molecular weight is 1440 g/mol. The van der Waals surface area contributed by atoms with Crippen molar-refractivity contribution in [3.8, 4) is 28.7 Å². The van der Waals surface area contributed by atoms with Gasteiger partial charge in [0.15, 0.2) is 21.3 Å². The molecule has 3 aliphatic carbocycles. The van der Waals surface area contributed by atoms with Crippen molar-refractivity contribution in [2.24, 2.45) is 23.7 Å². The summed E-state index contributed by atoms with van der Waals surface area (Å²) >= 11 is 6.84. The number of Topliss-reactive ketones (excluding diaryl/α,β-unsaturated/α-hetero) is 1. The third-order valence-corrected chi connectivity index (χ3v) is 20.6. The number of nitrogens with zero attached hydrogens (tertiary/aromatic N) is 6. The highest BCUT2D eigenvalue weighted by atomic mass is 35.5. The highest BCUT2D eigenvalue weighted by Crippen LogP contribution is 2.68. The van der Waals surface area contributed by atoms with Gasteiger partial charge in [-0.05, 0) is 111 Å². The van der Waals surface area contributed by atoms with E-state index < -0.39 is 238 Å². The number of phosphoric ester groups is 1. The highest BCUT2D eigenvalue weighted by molar-refractivity contribution is 7.93. The Balaban J connectivity index is 1.23. The first kappa shape index (κ1) is 72.3. The number of aromatic nitrogens is 5. The molecule has 0 radical (unpaired) electrons. The number of alkyl halides is 8. The number of carbonyl (C=O) groups is 5. The van der Waals surface area contributed by atoms with Gasteiger partial charge < -0.3 is 20.1 Å². The number of aryl methyl sites for hydroxylation is 1. The van der Waals surface area contributed by atoms with Crippen LogP contribution >= 0.6 is 19.4 Å². The molecular formula is C60H57ClF10N7O15PS2. The van der Waals surface area contributed by atoms with Gasteiger partial charge >= 0.3 is 32.1 Å². The van der Waals surface area contributed by atoms with Crippen molar-refractivity contribution in [1.29, 1.82) is 0 Å². The summed E-state index contributed by atoms with van der Waals surface area (Å²) < 4.78 is 221. The van der Waals surface area contributed by atoms with Crippen LogP contribution in [-0.2, 0) is 91.8 Å². The van der Waals surface area contributed by atoms with Gasteiger partial charge in [-0.1, -0.05) is 43.5 Å². The number of hydrogen-bond acceptors (Lipinski definition) is 14. The highest BCUT2D eigenvalue weighted by Gasteiger charge is 2.68. The number of anilines is 1. The summed E-state index contributed by atoms with van der Waals surface area (Å²) in [5.41, 5.74) is -9.36. The summed E-state index contributed by atoms with van der Waals surface area (Å²) in [4.78, 5) is 93.3. The van der Waals surface area contributed by atoms with E-state index in [4.69, 9.17) is 16.1 Å². The molecule has 516 valence electrons. The van der Waals surface area contributed by atoms with E-state index in [9.17, 15) is 73.7 Å². The maximum absolute atomic E-state index is 15.8. The lowest BCUT2D eigenvalue weighted by molar-refractivity contribution is -0.150. The molecule has 6 aromatic rings. The number of halogens is 11. The molecule has 3 aliphatic rings. The maximum atomic E-state index is 15.8. The molecule has 22 nitrogen and oxygen atoms in total. The third-order valence-electron chi connectivity index (χ3n) is 16.9. The fourth-order valence-electron chi connectivity index (χ4n) is 12.6. The van der Waals surface area contributed by atoms with Crippen molar-refractivity contribution < 1.29 is 114 Å². The standard InChI is InChI=1S/C60H57ClF10N7O15PS2/c1-27-16-29(21-41(79)45-35(54(82)83)10-11-36(45)55(84)85)48(42(17-27)93-94(86,87)88)56(2,3)24-44(81)78(96(7,91)92)53-47-39(61)13-12-34(50(47)77(75-53)26-58(64,65)66)33-9-8-32(14-15-57(4,5)95(6,89)90)72-49(33)40(20-28-18-30(62)22-31(63)19-28)73-43(80)25-76-52-46(51(74-76)60(69,70)71)37-23-38(37)59(52,67)68/h8-9,12-13,16-19,22,35-38,40,45H,10-11,20-21,23-26H2,1-7H3,(H,73,80)(H,82,83)(H,84,85)(H2,86,87,88)/t35-,36-,37+,38-,40+/m1/s1. The fourth-order valence-corrected chi connectivity index (χ4v) is 14.4. The number of pyridine rings is 1. The minimum absolute atomic E-state index is 0.0677. The lowest BCUT2D eigenvalue weighted by Crippen LogP contribution is -2.40. The summed E-state index contributed by atoms with van der Waals surface area (Å²) in [6.07, 6.45) is -13.0. The zero-order valence-corrected chi connectivity index (χ0v) is 54.5. The molecule has 0 unspecified atom stereocenters. The van der Waals surface area contributed by atoms with Crippen molar-refractivity contribution in [3.05, 3.63) is 122 Å². The molecule has 2 amide bonds. The molecule has 96 heavy (non-hydrogen) atoms. The van der Waals surface area contributed by atoms with E-state index in [1.807, 2.05) is 0 Å². The average Bonchev–Trinajstić information content (AvgIpc) is 1.52. The summed E-state index contributed by atoms with van der Waals surface area (Å²) in [6.45, 7) is 2.58. The van der Waals surface area contributed by atoms with Gasteiger partial charge in [0.1, 0.15) is 52.4 Å². The summed E-state index contributed by atoms with van der Waals surface area (Å²) in [6, 6.07) is 6.45. The normalized spacial score (nSPS) is 18.5. The molecule has 36 heteroatoms. The predicted molar refractivity (Wildman–Crippen MR) is 320 cm³/mol. The lowest BCUT2D eigenvalue weighted by Gasteiger charge is -2.32. The minimum atomic E-state index is -5.61. The van der Waals surface area contributed by atoms with E-state index in [2.05, 4.69) is 32.3 Å². The smallest absolute Gasteiger partial charge is 0.481 e. The van der Waals surface area contributed by atoms with E-state index >= 15 is 35.5 Å². The van der Waals surface area contributed by atoms with Crippen molar-refractivity contribution in [3.63, 3.8) is 0 Å². The largest absolute Gasteiger partial charge is 0.524 e. The van der Waals surface area contributed by atoms with Crippen LogP contribution in [0.1, 0.15) is 116 Å². The number of ketones is 1. The van der Waals surface area contributed by atoms with Crippen molar-refractivity contribution >= 4 is 85.5 Å². The molecule has 0 saturated heterocycles. The number of fused-ring (bicyclic) bond motifs is 4. The number of sulfonamides is 1. The van der Waals surface area contributed by atoms with Crippen LogP contribution in [0.5, 0.6) is 5.75 Å². The number of phosphoric acid groups is 1. The SMILES string of the molecule is Cc1cc(CC(=O)C2[C@H](C(=O)O)CC[C@H]2C(=O)O)c(C(C)(C)CC(=O)N(c2nn(CC(F)(F)F)c3c(-c4ccc(C#CC(C)(C)S(C)(=O)=O)nc4[C@H](Cc4cc(F)cc(F)c4)NC(=O)Cn4nc(C(F)(F)F)c5c4C(F)(F)[C@@H]4C[C@H]54)ccc(Cl)c23)S(C)(=O)=O)c(OP(=O)(O)O)c1. The lowest BCUT2D eigenvalue weighted by atomic mass is 9.75. The molecule has 2 fully saturated rings. The Bertz CT molecular complexity index is 4580. The number of aliphatic carboxylic acids is 2. The molecule has 5 N–H and O–H groups in total. The first-order chi connectivity index (χ1) is 44.0. The van der Waals surface area contributed by atoms with E-state index in [0.29, 0.717) is 12.3 Å². The van der Waals surface area contributed by atoms with E-state index in [1.54, 1.807) is 0 Å². The third kappa shape index (κ3) is 14.8. The molecule has 0 spiro atoms. The molecule has 3 heterocycles. The molecule has 2 saturated carbocycles. The van der Waals surface area contributed by atoms with Crippen LogP contribution in [0.15, 0.2) is 54.6 Å². The predicted octanol–water partition coefficient (Wildman–Crippen LogP) is 9.65. The topological polar surface area (TPSA) is 325 Å². The maximum Gasteiger partial charge on any atom is 0.524 e. The van der Waals surface area contributed by atoms with Crippen LogP contribution in [0.4, 0.5) is 49.7 Å². The van der Waals surface area contributed by atoms with Gasteiger partial charge in [-0.15, -0.1) is 0 Å². The van der Waals surface area contributed by atoms with Gasteiger partial charge in [0, 0.05) is 64.7 Å². The van der Waals surface area contributed by atoms with Gasteiger partial charge in [0.2, 0.25) is 21.8 Å². The van der Waals surface area contributed by atoms with Crippen LogP contribution < -0.4 is 14.1 Å². The Morgan fingerprint density at radius 3 is 2.03 bits per heavy atom. The van der Waals surface area contributed by atoms with E-state index in [0.717, 1.165) is 48.7 Å². The van der Waals surface area contributed by atoms with Crippen molar-refractivity contribution in [2.75, 3.05) is 16.8 Å². The number of benzene rings is 3. The Kier molecular flexibility index (Phi) is 18.9. The van der Waals surface area contributed by atoms with Gasteiger partial charge in [-0.2, -0.15) is 49.6 Å². The number of sulfone groups is 1. The number of nitrogens with one attached hydrogen (secondary N) is 1. The number of carbonyl (C=O) groups excluding carboxylic acids is 3. The fraction of sp³-hybridized carbons (Fsp3) is 0.433. The quantitative estimate of drug-likeness (QED) is 0.0254. The Labute approximate surface area is 544 Å². The second-order valence-electron chi connectivity index (χ2n) is 25.0. The second-order valence-corrected chi connectivity index (χ2v) is 31.0. The number of amides is 2. The summed E-state index contributed by atoms with van der Waals surface area (Å²) in [7, 11) is -14.8. The molecule has 5 atom stereocenters. The number of carboxylic acid groups (broad SMARTS) is 2. The number of carboxylic acids is 2. The van der Waals surface area contributed by atoms with Gasteiger partial charge in [-0.25, -0.2) is 35.2 Å². The molecular weight excluding hydrogens is 1380 g/mol. The van der Waals surface area contributed by atoms with Crippen molar-refractivity contribution in [2.45, 2.75) is 127 Å². The monoisotopic (exact) mass is 1440 g/mol. The number of hydrogen-bond donors (Lipinski definition) is 5. The summed E-state index contributed by atoms with van der Waals surface area (Å²) in [5.74, 6) is -17.7. The zero-order chi connectivity index (χ0) is 71.4. The van der Waals surface area contributed by atoms with Crippen molar-refractivity contribution in [1.82, 2.24) is 29.9 Å². The first-order valence-corrected chi connectivity index (χ1v) is 34.4. The molecule has 0 bridgehead atoms.